The monoisotopic (exact) mass is 347 g/mol. The molecule has 0 unspecified atom stereocenters. The molecule has 0 saturated carbocycles. The van der Waals surface area contributed by atoms with Gasteiger partial charge in [-0.25, -0.2) is 0 Å². The zero-order valence-electron chi connectivity index (χ0n) is 13.8. The molecule has 2 aromatic heterocycles. The van der Waals surface area contributed by atoms with E-state index >= 15 is 0 Å². The van der Waals surface area contributed by atoms with Crippen molar-refractivity contribution in [2.24, 2.45) is 0 Å². The fourth-order valence-electron chi connectivity index (χ4n) is 2.51. The van der Waals surface area contributed by atoms with Gasteiger partial charge in [0, 0.05) is 11.5 Å². The summed E-state index contributed by atoms with van der Waals surface area (Å²) in [4.78, 5) is 11.4. The fourth-order valence-corrected chi connectivity index (χ4v) is 3.29. The predicted molar refractivity (Wildman–Crippen MR) is 91.1 cm³/mol. The van der Waals surface area contributed by atoms with E-state index in [4.69, 9.17) is 9.47 Å². The van der Waals surface area contributed by atoms with Gasteiger partial charge in [-0.05, 0) is 24.6 Å². The van der Waals surface area contributed by atoms with Crippen LogP contribution in [-0.2, 0) is 9.53 Å². The van der Waals surface area contributed by atoms with Gasteiger partial charge < -0.3 is 14.2 Å². The number of rotatable bonds is 5. The van der Waals surface area contributed by atoms with Crippen molar-refractivity contribution in [1.29, 1.82) is 0 Å². The maximum Gasteiger partial charge on any atom is 0.316 e. The van der Waals surface area contributed by atoms with Crippen LogP contribution >= 0.6 is 11.8 Å². The second-order valence-corrected chi connectivity index (χ2v) is 6.04. The average molecular weight is 347 g/mol. The summed E-state index contributed by atoms with van der Waals surface area (Å²) in [6, 6.07) is 5.82. The standard InChI is InChI=1S/C16H17N3O4S/c1-9-5-10-6-12(21-2)13(22-3)7-11(10)19-15(9)17-18-16(19)24-8-14(20)23-4/h5-7H,8H2,1-4H3. The number of hydrogen-bond donors (Lipinski definition) is 0. The molecule has 8 heteroatoms. The first-order valence-corrected chi connectivity index (χ1v) is 8.17. The van der Waals surface area contributed by atoms with Crippen molar-refractivity contribution in [3.8, 4) is 11.5 Å². The number of pyridine rings is 1. The van der Waals surface area contributed by atoms with E-state index in [0.717, 1.165) is 22.1 Å². The van der Waals surface area contributed by atoms with Crippen molar-refractivity contribution in [3.63, 3.8) is 0 Å². The molecule has 0 saturated heterocycles. The first-order chi connectivity index (χ1) is 11.6. The van der Waals surface area contributed by atoms with Gasteiger partial charge in [0.05, 0.1) is 32.6 Å². The maximum absolute atomic E-state index is 11.4. The van der Waals surface area contributed by atoms with E-state index in [-0.39, 0.29) is 11.7 Å². The van der Waals surface area contributed by atoms with Crippen molar-refractivity contribution in [3.05, 3.63) is 23.8 Å². The summed E-state index contributed by atoms with van der Waals surface area (Å²) in [5, 5.41) is 10.0. The second kappa shape index (κ2) is 6.56. The van der Waals surface area contributed by atoms with Gasteiger partial charge >= 0.3 is 5.97 Å². The number of benzene rings is 1. The molecule has 24 heavy (non-hydrogen) atoms. The molecule has 3 rings (SSSR count). The lowest BCUT2D eigenvalue weighted by molar-refractivity contribution is -0.137. The Hall–Kier alpha value is -2.48. The van der Waals surface area contributed by atoms with E-state index in [1.165, 1.54) is 18.9 Å². The minimum atomic E-state index is -0.312. The molecule has 0 atom stereocenters. The van der Waals surface area contributed by atoms with Crippen LogP contribution in [0.2, 0.25) is 0 Å². The number of esters is 1. The normalized spacial score (nSPS) is 11.0. The van der Waals surface area contributed by atoms with Crippen LogP contribution in [0.5, 0.6) is 11.5 Å². The van der Waals surface area contributed by atoms with Crippen LogP contribution in [0.1, 0.15) is 5.56 Å². The number of aryl methyl sites for hydroxylation is 1. The number of carbonyl (C=O) groups excluding carboxylic acids is 1. The van der Waals surface area contributed by atoms with E-state index in [0.29, 0.717) is 16.7 Å². The Labute approximate surface area is 142 Å². The third-order valence-corrected chi connectivity index (χ3v) is 4.58. The van der Waals surface area contributed by atoms with Crippen LogP contribution in [0.25, 0.3) is 16.6 Å². The van der Waals surface area contributed by atoms with Gasteiger partial charge in [-0.3, -0.25) is 9.20 Å². The number of ether oxygens (including phenoxy) is 3. The number of aromatic nitrogens is 3. The summed E-state index contributed by atoms with van der Waals surface area (Å²) in [5.41, 5.74) is 2.60. The number of methoxy groups -OCH3 is 3. The molecule has 1 aromatic carbocycles. The topological polar surface area (TPSA) is 75.0 Å². The molecule has 0 aliphatic heterocycles. The molecule has 0 radical (unpaired) electrons. The van der Waals surface area contributed by atoms with Gasteiger partial charge in [0.15, 0.2) is 22.3 Å². The van der Waals surface area contributed by atoms with Crippen molar-refractivity contribution in [2.75, 3.05) is 27.1 Å². The number of thioether (sulfide) groups is 1. The molecule has 0 spiro atoms. The van der Waals surface area contributed by atoms with Gasteiger partial charge in [0.25, 0.3) is 0 Å². The molecule has 7 nitrogen and oxygen atoms in total. The Morgan fingerprint density at radius 1 is 1.12 bits per heavy atom. The second-order valence-electron chi connectivity index (χ2n) is 5.10. The minimum Gasteiger partial charge on any atom is -0.493 e. The van der Waals surface area contributed by atoms with Crippen LogP contribution in [-0.4, -0.2) is 47.6 Å². The van der Waals surface area contributed by atoms with Gasteiger partial charge in [0.1, 0.15) is 0 Å². The van der Waals surface area contributed by atoms with E-state index in [2.05, 4.69) is 14.9 Å². The molecule has 2 heterocycles. The van der Waals surface area contributed by atoms with E-state index in [1.54, 1.807) is 14.2 Å². The summed E-state index contributed by atoms with van der Waals surface area (Å²) in [7, 11) is 4.56. The molecule has 0 aliphatic carbocycles. The summed E-state index contributed by atoms with van der Waals surface area (Å²) >= 11 is 1.28. The van der Waals surface area contributed by atoms with Crippen LogP contribution < -0.4 is 9.47 Å². The Morgan fingerprint density at radius 2 is 1.83 bits per heavy atom. The number of carbonyl (C=O) groups is 1. The maximum atomic E-state index is 11.4. The lowest BCUT2D eigenvalue weighted by Gasteiger charge is -2.12. The molecule has 0 amide bonds. The highest BCUT2D eigenvalue weighted by molar-refractivity contribution is 7.99. The largest absolute Gasteiger partial charge is 0.493 e. The zero-order valence-corrected chi connectivity index (χ0v) is 14.6. The van der Waals surface area contributed by atoms with Crippen LogP contribution in [0, 0.1) is 6.92 Å². The number of fused-ring (bicyclic) bond motifs is 3. The van der Waals surface area contributed by atoms with Gasteiger partial charge in [0.2, 0.25) is 0 Å². The lowest BCUT2D eigenvalue weighted by Crippen LogP contribution is -2.04. The molecule has 0 fully saturated rings. The van der Waals surface area contributed by atoms with Crippen LogP contribution in [0.4, 0.5) is 0 Å². The highest BCUT2D eigenvalue weighted by Crippen LogP contribution is 2.34. The van der Waals surface area contributed by atoms with Crippen LogP contribution in [0.15, 0.2) is 23.4 Å². The Bertz CT molecular complexity index is 923. The Kier molecular flexibility index (Phi) is 4.48. The third-order valence-electron chi connectivity index (χ3n) is 3.68. The predicted octanol–water partition coefficient (Wildman–Crippen LogP) is 2.47. The lowest BCUT2D eigenvalue weighted by atomic mass is 10.1. The van der Waals surface area contributed by atoms with E-state index < -0.39 is 0 Å². The van der Waals surface area contributed by atoms with Gasteiger partial charge in [-0.1, -0.05) is 11.8 Å². The van der Waals surface area contributed by atoms with E-state index in [9.17, 15) is 4.79 Å². The van der Waals surface area contributed by atoms with E-state index in [1.807, 2.05) is 29.5 Å². The number of nitrogens with zero attached hydrogens (tertiary/aromatic N) is 3. The molecule has 126 valence electrons. The number of hydrogen-bond acceptors (Lipinski definition) is 7. The smallest absolute Gasteiger partial charge is 0.316 e. The molecule has 0 aliphatic rings. The Morgan fingerprint density at radius 3 is 2.50 bits per heavy atom. The first-order valence-electron chi connectivity index (χ1n) is 7.19. The molecular formula is C16H17N3O4S. The SMILES string of the molecule is COC(=O)CSc1nnc2c(C)cc3cc(OC)c(OC)cc3n12. The van der Waals surface area contributed by atoms with Gasteiger partial charge in [-0.2, -0.15) is 0 Å². The molecule has 3 aromatic rings. The first kappa shape index (κ1) is 16.4. The molecular weight excluding hydrogens is 330 g/mol. The summed E-state index contributed by atoms with van der Waals surface area (Å²) in [6.07, 6.45) is 0. The quantitative estimate of drug-likeness (QED) is 0.518. The third kappa shape index (κ3) is 2.73. The summed E-state index contributed by atoms with van der Waals surface area (Å²) in [5.74, 6) is 1.13. The fraction of sp³-hybridized carbons (Fsp3) is 0.312. The Balaban J connectivity index is 2.22. The van der Waals surface area contributed by atoms with Crippen LogP contribution in [0.3, 0.4) is 0 Å². The highest BCUT2D eigenvalue weighted by Gasteiger charge is 2.16. The highest BCUT2D eigenvalue weighted by atomic mass is 32.2. The zero-order chi connectivity index (χ0) is 17.3. The van der Waals surface area contributed by atoms with Crippen molar-refractivity contribution in [2.45, 2.75) is 12.1 Å². The molecule has 0 bridgehead atoms. The molecule has 0 N–H and O–H groups in total. The van der Waals surface area contributed by atoms with Crippen molar-refractivity contribution in [1.82, 2.24) is 14.6 Å². The van der Waals surface area contributed by atoms with Gasteiger partial charge in [-0.15, -0.1) is 10.2 Å². The van der Waals surface area contributed by atoms with Crippen molar-refractivity contribution < 1.29 is 19.0 Å². The average Bonchev–Trinajstić information content (AvgIpc) is 3.03. The summed E-state index contributed by atoms with van der Waals surface area (Å²) < 4.78 is 17.4. The minimum absolute atomic E-state index is 0.167. The summed E-state index contributed by atoms with van der Waals surface area (Å²) in [6.45, 7) is 1.97. The van der Waals surface area contributed by atoms with Crippen molar-refractivity contribution >= 4 is 34.3 Å².